The second kappa shape index (κ2) is 14.2. The van der Waals surface area contributed by atoms with E-state index in [4.69, 9.17) is 9.47 Å². The maximum atomic E-state index is 13.6. The number of carbonyl (C=O) groups is 2. The summed E-state index contributed by atoms with van der Waals surface area (Å²) in [6.07, 6.45) is 0.436. The lowest BCUT2D eigenvalue weighted by molar-refractivity contribution is -0.139. The van der Waals surface area contributed by atoms with Crippen LogP contribution < -0.4 is 14.8 Å². The molecule has 3 rings (SSSR count). The molecule has 0 saturated carbocycles. The molecule has 7 heteroatoms. The first-order valence-electron chi connectivity index (χ1n) is 12.0. The fourth-order valence-electron chi connectivity index (χ4n) is 3.87. The monoisotopic (exact) mass is 506 g/mol. The topological polar surface area (TPSA) is 67.9 Å². The van der Waals surface area contributed by atoms with Crippen molar-refractivity contribution in [3.63, 3.8) is 0 Å². The van der Waals surface area contributed by atoms with Gasteiger partial charge in [-0.15, -0.1) is 11.8 Å². The maximum Gasteiger partial charge on any atom is 0.243 e. The minimum atomic E-state index is -0.632. The number of likely N-dealkylation sites (N-methyl/N-ethyl adjacent to an activating group) is 1. The second-order valence-electron chi connectivity index (χ2n) is 8.31. The fraction of sp³-hybridized carbons (Fsp3) is 0.310. The van der Waals surface area contributed by atoms with E-state index in [9.17, 15) is 9.59 Å². The van der Waals surface area contributed by atoms with Crippen LogP contribution in [0.25, 0.3) is 0 Å². The number of rotatable bonds is 13. The summed E-state index contributed by atoms with van der Waals surface area (Å²) in [4.78, 5) is 28.5. The Kier molecular flexibility index (Phi) is 10.7. The van der Waals surface area contributed by atoms with E-state index in [1.165, 1.54) is 11.8 Å². The van der Waals surface area contributed by atoms with Gasteiger partial charge >= 0.3 is 0 Å². The van der Waals surface area contributed by atoms with Gasteiger partial charge in [-0.2, -0.15) is 0 Å². The number of benzene rings is 3. The summed E-state index contributed by atoms with van der Waals surface area (Å²) in [5.74, 6) is 2.23. The van der Waals surface area contributed by atoms with Crippen LogP contribution in [0.3, 0.4) is 0 Å². The van der Waals surface area contributed by atoms with E-state index < -0.39 is 6.04 Å². The number of carbonyl (C=O) groups excluding carboxylic acids is 2. The Labute approximate surface area is 218 Å². The molecular formula is C29H34N2O4S. The predicted molar refractivity (Wildman–Crippen MR) is 145 cm³/mol. The third-order valence-electron chi connectivity index (χ3n) is 5.76. The molecule has 36 heavy (non-hydrogen) atoms. The Hall–Kier alpha value is -3.45. The molecule has 0 saturated heterocycles. The molecular weight excluding hydrogens is 472 g/mol. The molecule has 0 aliphatic carbocycles. The Balaban J connectivity index is 1.81. The first kappa shape index (κ1) is 27.1. The van der Waals surface area contributed by atoms with E-state index in [0.717, 1.165) is 22.4 Å². The van der Waals surface area contributed by atoms with Crippen LogP contribution in [0.2, 0.25) is 0 Å². The van der Waals surface area contributed by atoms with Gasteiger partial charge < -0.3 is 19.7 Å². The van der Waals surface area contributed by atoms with Crippen molar-refractivity contribution in [1.82, 2.24) is 10.2 Å². The number of methoxy groups -OCH3 is 2. The quantitative estimate of drug-likeness (QED) is 0.364. The number of thioether (sulfide) groups is 1. The molecule has 0 fully saturated rings. The van der Waals surface area contributed by atoms with E-state index in [1.807, 2.05) is 85.8 Å². The second-order valence-corrected chi connectivity index (χ2v) is 9.30. The molecule has 0 aromatic heterocycles. The zero-order valence-electron chi connectivity index (χ0n) is 21.1. The van der Waals surface area contributed by atoms with Gasteiger partial charge in [0.2, 0.25) is 11.8 Å². The molecule has 3 aromatic rings. The molecule has 6 nitrogen and oxygen atoms in total. The van der Waals surface area contributed by atoms with Gasteiger partial charge in [0.1, 0.15) is 17.5 Å². The third kappa shape index (κ3) is 8.05. The van der Waals surface area contributed by atoms with Crippen molar-refractivity contribution in [3.8, 4) is 11.5 Å². The lowest BCUT2D eigenvalue weighted by Gasteiger charge is -2.31. The molecule has 0 spiro atoms. The van der Waals surface area contributed by atoms with E-state index in [0.29, 0.717) is 31.0 Å². The molecule has 1 atom stereocenters. The van der Waals surface area contributed by atoms with Crippen LogP contribution in [-0.4, -0.2) is 49.3 Å². The van der Waals surface area contributed by atoms with E-state index in [1.54, 1.807) is 19.1 Å². The molecule has 0 aliphatic rings. The van der Waals surface area contributed by atoms with Crippen molar-refractivity contribution in [2.24, 2.45) is 0 Å². The molecule has 1 N–H and O–H groups in total. The first-order valence-corrected chi connectivity index (χ1v) is 13.1. The molecule has 1 unspecified atom stereocenters. The molecule has 0 aliphatic heterocycles. The maximum absolute atomic E-state index is 13.6. The fourth-order valence-corrected chi connectivity index (χ4v) is 4.75. The van der Waals surface area contributed by atoms with E-state index in [-0.39, 0.29) is 17.6 Å². The Bertz CT molecular complexity index is 1110. The van der Waals surface area contributed by atoms with Crippen LogP contribution in [0.5, 0.6) is 11.5 Å². The highest BCUT2D eigenvalue weighted by molar-refractivity contribution is 7.99. The van der Waals surface area contributed by atoms with Crippen LogP contribution in [0.15, 0.2) is 78.9 Å². The zero-order chi connectivity index (χ0) is 25.8. The van der Waals surface area contributed by atoms with Gasteiger partial charge in [-0.3, -0.25) is 9.59 Å². The van der Waals surface area contributed by atoms with Crippen molar-refractivity contribution in [2.45, 2.75) is 31.7 Å². The molecule has 190 valence electrons. The van der Waals surface area contributed by atoms with Crippen LogP contribution >= 0.6 is 11.8 Å². The summed E-state index contributed by atoms with van der Waals surface area (Å²) < 4.78 is 10.6. The van der Waals surface area contributed by atoms with Crippen LogP contribution in [0.1, 0.15) is 23.6 Å². The standard InChI is InChI=1S/C29H34N2O4S/c1-4-30-29(33)27(18-22-9-6-5-7-10-22)31(19-24-11-8-12-26(17-24)35-3)28(32)21-36-20-23-13-15-25(34-2)16-14-23/h5-17,27H,4,18-21H2,1-3H3,(H,30,33). The van der Waals surface area contributed by atoms with Gasteiger partial charge in [-0.05, 0) is 47.9 Å². The highest BCUT2D eigenvalue weighted by Gasteiger charge is 2.30. The predicted octanol–water partition coefficient (Wildman–Crippen LogP) is 4.71. The minimum absolute atomic E-state index is 0.0801. The Morgan fingerprint density at radius 3 is 2.22 bits per heavy atom. The lowest BCUT2D eigenvalue weighted by atomic mass is 10.0. The molecule has 0 heterocycles. The van der Waals surface area contributed by atoms with Crippen molar-refractivity contribution < 1.29 is 19.1 Å². The van der Waals surface area contributed by atoms with Gasteiger partial charge in [-0.25, -0.2) is 0 Å². The van der Waals surface area contributed by atoms with Crippen molar-refractivity contribution in [1.29, 1.82) is 0 Å². The van der Waals surface area contributed by atoms with Crippen molar-refractivity contribution in [3.05, 3.63) is 95.6 Å². The number of amides is 2. The average Bonchev–Trinajstić information content (AvgIpc) is 2.91. The van der Waals surface area contributed by atoms with Gasteiger partial charge in [0.05, 0.1) is 20.0 Å². The van der Waals surface area contributed by atoms with Gasteiger partial charge in [-0.1, -0.05) is 54.6 Å². The summed E-state index contributed by atoms with van der Waals surface area (Å²) in [6, 6.07) is 24.6. The lowest BCUT2D eigenvalue weighted by Crippen LogP contribution is -2.51. The van der Waals surface area contributed by atoms with Crippen molar-refractivity contribution in [2.75, 3.05) is 26.5 Å². The van der Waals surface area contributed by atoms with Gasteiger partial charge in [0.15, 0.2) is 0 Å². The Morgan fingerprint density at radius 2 is 1.56 bits per heavy atom. The first-order chi connectivity index (χ1) is 17.5. The average molecular weight is 507 g/mol. The number of hydrogen-bond donors (Lipinski definition) is 1. The SMILES string of the molecule is CCNC(=O)C(Cc1ccccc1)N(Cc1cccc(OC)c1)C(=O)CSCc1ccc(OC)cc1. The van der Waals surface area contributed by atoms with Crippen LogP contribution in [0.4, 0.5) is 0 Å². The summed E-state index contributed by atoms with van der Waals surface area (Å²) in [5.41, 5.74) is 3.02. The number of nitrogens with one attached hydrogen (secondary N) is 1. The summed E-state index contributed by atoms with van der Waals surface area (Å²) in [5, 5.41) is 2.93. The third-order valence-corrected chi connectivity index (χ3v) is 6.75. The number of nitrogens with zero attached hydrogens (tertiary/aromatic N) is 1. The largest absolute Gasteiger partial charge is 0.497 e. The molecule has 0 radical (unpaired) electrons. The number of ether oxygens (including phenoxy) is 2. The minimum Gasteiger partial charge on any atom is -0.497 e. The van der Waals surface area contributed by atoms with E-state index >= 15 is 0 Å². The molecule has 2 amide bonds. The van der Waals surface area contributed by atoms with Crippen molar-refractivity contribution >= 4 is 23.6 Å². The zero-order valence-corrected chi connectivity index (χ0v) is 21.9. The molecule has 3 aromatic carbocycles. The van der Waals surface area contributed by atoms with E-state index in [2.05, 4.69) is 5.32 Å². The summed E-state index contributed by atoms with van der Waals surface area (Å²) in [6.45, 7) is 2.70. The highest BCUT2D eigenvalue weighted by atomic mass is 32.2. The van der Waals surface area contributed by atoms with Crippen LogP contribution in [-0.2, 0) is 28.3 Å². The van der Waals surface area contributed by atoms with Gasteiger partial charge in [0.25, 0.3) is 0 Å². The number of hydrogen-bond acceptors (Lipinski definition) is 5. The highest BCUT2D eigenvalue weighted by Crippen LogP contribution is 2.21. The smallest absolute Gasteiger partial charge is 0.243 e. The normalized spacial score (nSPS) is 11.4. The summed E-state index contributed by atoms with van der Waals surface area (Å²) in [7, 11) is 3.25. The van der Waals surface area contributed by atoms with Gasteiger partial charge in [0, 0.05) is 25.3 Å². The Morgan fingerprint density at radius 1 is 0.861 bits per heavy atom. The van der Waals surface area contributed by atoms with Crippen LogP contribution in [0, 0.1) is 0 Å². The molecule has 0 bridgehead atoms. The summed E-state index contributed by atoms with van der Waals surface area (Å²) >= 11 is 1.53.